The number of benzene rings is 5. The van der Waals surface area contributed by atoms with Crippen LogP contribution in [0.4, 0.5) is 5.69 Å². The minimum atomic E-state index is -4.47. The average molecular weight is 761 g/mol. The summed E-state index contributed by atoms with van der Waals surface area (Å²) < 4.78 is 62.7. The number of hydrogen-bond donors (Lipinski definition) is 6. The molecule has 274 valence electrons. The summed E-state index contributed by atoms with van der Waals surface area (Å²) in [5.74, 6) is -3.43. The summed E-state index contributed by atoms with van der Waals surface area (Å²) in [5.41, 5.74) is 7.42. The lowest BCUT2D eigenvalue weighted by atomic mass is 9.89. The van der Waals surface area contributed by atoms with Crippen LogP contribution in [0.3, 0.4) is 0 Å². The highest BCUT2D eigenvalue weighted by atomic mass is 32.2. The quantitative estimate of drug-likeness (QED) is 0.0726. The van der Waals surface area contributed by atoms with Crippen molar-refractivity contribution >= 4 is 66.2 Å². The van der Waals surface area contributed by atoms with Crippen LogP contribution in [0, 0.1) is 13.8 Å². The fourth-order valence-corrected chi connectivity index (χ4v) is 6.59. The molecule has 7 N–H and O–H groups in total. The van der Waals surface area contributed by atoms with E-state index in [-0.39, 0.29) is 44.6 Å². The van der Waals surface area contributed by atoms with Gasteiger partial charge in [-0.05, 0) is 83.3 Å². The second-order valence-electron chi connectivity index (χ2n) is 11.6. The molecule has 5 aromatic carbocycles. The molecular formula is C37H32N2O12S2. The monoisotopic (exact) mass is 760 g/mol. The molecule has 0 amide bonds. The highest BCUT2D eigenvalue weighted by Gasteiger charge is 2.29. The summed E-state index contributed by atoms with van der Waals surface area (Å²) >= 11 is 0. The molecule has 0 radical (unpaired) electrons. The molecule has 6 rings (SSSR count). The van der Waals surface area contributed by atoms with Gasteiger partial charge in [-0.2, -0.15) is 16.8 Å². The molecule has 0 spiro atoms. The maximum Gasteiger partial charge on any atom is 0.339 e. The predicted octanol–water partition coefficient (Wildman–Crippen LogP) is 5.35. The topological polar surface area (TPSA) is 259 Å². The van der Waals surface area contributed by atoms with Crippen molar-refractivity contribution in [3.8, 4) is 5.75 Å². The first kappa shape index (κ1) is 39.6. The smallest absolute Gasteiger partial charge is 0.339 e. The first-order chi connectivity index (χ1) is 24.8. The van der Waals surface area contributed by atoms with Gasteiger partial charge in [-0.15, -0.1) is 0 Å². The standard InChI is InChI=1S/C19H15NO6S.C11H8O3.C7H9NO3S/c1-11-6-7-13(16(8-11)27(24,25)26)10-20-17-14-5-3-2-4-12(14)9-15(18(17)21)19(22)23;12-10-6-8-4-2-1-3-7(8)5-9(10)11(13)14;1-5-2-3-6(8)7(4-5)12(9,10)11/h2-9H,10H2,1H3,(H,22,23)(H,24,25,26);1-6,12H,(H,13,14);2-4H,8H2,1H3,(H,9,10,11). The molecular weight excluding hydrogens is 729 g/mol. The minimum Gasteiger partial charge on any atom is -0.507 e. The van der Waals surface area contributed by atoms with Gasteiger partial charge in [-0.3, -0.25) is 18.9 Å². The maximum absolute atomic E-state index is 12.5. The third kappa shape index (κ3) is 9.78. The van der Waals surface area contributed by atoms with Crippen molar-refractivity contribution < 1.29 is 55.6 Å². The van der Waals surface area contributed by atoms with Crippen molar-refractivity contribution in [2.45, 2.75) is 30.2 Å². The molecule has 53 heavy (non-hydrogen) atoms. The number of nitrogens with two attached hydrogens (primary N) is 1. The van der Waals surface area contributed by atoms with Gasteiger partial charge in [-0.1, -0.05) is 66.7 Å². The number of carbonyl (C=O) groups excluding carboxylic acids is 1. The van der Waals surface area contributed by atoms with Crippen LogP contribution < -0.4 is 5.73 Å². The Kier molecular flexibility index (Phi) is 11.9. The van der Waals surface area contributed by atoms with Crippen LogP contribution in [0.1, 0.15) is 38.2 Å². The van der Waals surface area contributed by atoms with E-state index in [0.717, 1.165) is 16.3 Å². The zero-order valence-electron chi connectivity index (χ0n) is 28.0. The number of nitrogen functional groups attached to an aromatic ring is 1. The van der Waals surface area contributed by atoms with Gasteiger partial charge < -0.3 is 21.1 Å². The lowest BCUT2D eigenvalue weighted by Crippen LogP contribution is -2.26. The molecule has 0 fully saturated rings. The van der Waals surface area contributed by atoms with Crippen LogP contribution in [-0.4, -0.2) is 64.7 Å². The zero-order chi connectivity index (χ0) is 39.2. The van der Waals surface area contributed by atoms with Gasteiger partial charge in [0.25, 0.3) is 20.2 Å². The lowest BCUT2D eigenvalue weighted by molar-refractivity contribution is -0.133. The molecule has 0 heterocycles. The number of rotatable bonds is 6. The molecule has 0 saturated heterocycles. The van der Waals surface area contributed by atoms with Crippen LogP contribution in [-0.2, 0) is 36.4 Å². The van der Waals surface area contributed by atoms with Crippen molar-refractivity contribution in [3.05, 3.63) is 136 Å². The summed E-state index contributed by atoms with van der Waals surface area (Å²) in [6.45, 7) is 3.18. The molecule has 1 aliphatic carbocycles. The number of carbonyl (C=O) groups is 3. The predicted molar refractivity (Wildman–Crippen MR) is 196 cm³/mol. The average Bonchev–Trinajstić information content (AvgIpc) is 3.08. The Labute approximate surface area is 303 Å². The summed E-state index contributed by atoms with van der Waals surface area (Å²) in [6, 6.07) is 25.8. The SMILES string of the molecule is Cc1ccc(CN=C2C(=O)C(C(=O)O)=Cc3ccccc32)c(S(=O)(=O)O)c1.Cc1ccc(N)c(S(=O)(=O)O)c1.O=C(O)c1cc2ccccc2cc1O. The maximum atomic E-state index is 12.5. The van der Waals surface area contributed by atoms with E-state index >= 15 is 0 Å². The number of anilines is 1. The number of aliphatic carboxylic acids is 1. The van der Waals surface area contributed by atoms with E-state index in [9.17, 15) is 46.0 Å². The number of aromatic carboxylic acids is 1. The van der Waals surface area contributed by atoms with Gasteiger partial charge in [0.2, 0.25) is 5.78 Å². The molecule has 0 aromatic heterocycles. The Hall–Kier alpha value is -6.20. The zero-order valence-corrected chi connectivity index (χ0v) is 29.6. The number of carboxylic acids is 2. The van der Waals surface area contributed by atoms with E-state index in [0.29, 0.717) is 16.7 Å². The van der Waals surface area contributed by atoms with E-state index < -0.39 is 43.5 Å². The van der Waals surface area contributed by atoms with Gasteiger partial charge in [0.05, 0.1) is 17.1 Å². The van der Waals surface area contributed by atoms with E-state index in [1.54, 1.807) is 56.3 Å². The number of nitrogens with zero attached hydrogens (tertiary/aromatic N) is 1. The third-order valence-electron chi connectivity index (χ3n) is 7.66. The molecule has 1 aliphatic rings. The number of fused-ring (bicyclic) bond motifs is 2. The fraction of sp³-hybridized carbons (Fsp3) is 0.0811. The Balaban J connectivity index is 0.000000201. The summed E-state index contributed by atoms with van der Waals surface area (Å²) in [4.78, 5) is 38.3. The molecule has 0 unspecified atom stereocenters. The van der Waals surface area contributed by atoms with Gasteiger partial charge in [-0.25, -0.2) is 9.59 Å². The van der Waals surface area contributed by atoms with E-state index in [2.05, 4.69) is 4.99 Å². The van der Waals surface area contributed by atoms with E-state index in [4.69, 9.17) is 15.4 Å². The normalized spacial score (nSPS) is 13.2. The van der Waals surface area contributed by atoms with Gasteiger partial charge >= 0.3 is 11.9 Å². The Morgan fingerprint density at radius 3 is 1.83 bits per heavy atom. The first-order valence-corrected chi connectivity index (χ1v) is 18.1. The number of aryl methyl sites for hydroxylation is 2. The number of hydrogen-bond acceptors (Lipinski definition) is 10. The number of aromatic hydroxyl groups is 1. The molecule has 0 saturated carbocycles. The number of aliphatic imine (C=N–C) groups is 1. The van der Waals surface area contributed by atoms with Crippen LogP contribution in [0.25, 0.3) is 16.8 Å². The summed E-state index contributed by atoms with van der Waals surface area (Å²) in [7, 11) is -8.65. The Morgan fingerprint density at radius 1 is 0.717 bits per heavy atom. The fourth-order valence-electron chi connectivity index (χ4n) is 5.09. The molecule has 5 aromatic rings. The van der Waals surface area contributed by atoms with Crippen molar-refractivity contribution in [2.24, 2.45) is 4.99 Å². The van der Waals surface area contributed by atoms with Crippen LogP contribution in [0.2, 0.25) is 0 Å². The van der Waals surface area contributed by atoms with Gasteiger partial charge in [0.15, 0.2) is 0 Å². The van der Waals surface area contributed by atoms with Gasteiger partial charge in [0.1, 0.15) is 27.5 Å². The second kappa shape index (κ2) is 16.0. The van der Waals surface area contributed by atoms with Crippen molar-refractivity contribution in [2.75, 3.05) is 5.73 Å². The third-order valence-corrected chi connectivity index (χ3v) is 9.50. The van der Waals surface area contributed by atoms with Crippen molar-refractivity contribution in [1.82, 2.24) is 0 Å². The van der Waals surface area contributed by atoms with E-state index in [1.807, 2.05) is 18.2 Å². The van der Waals surface area contributed by atoms with E-state index in [1.165, 1.54) is 42.5 Å². The largest absolute Gasteiger partial charge is 0.507 e. The number of phenols is 1. The number of carboxylic acid groups (broad SMARTS) is 2. The van der Waals surface area contributed by atoms with Crippen LogP contribution >= 0.6 is 0 Å². The summed E-state index contributed by atoms with van der Waals surface area (Å²) in [5, 5.41) is 29.1. The van der Waals surface area contributed by atoms with Crippen molar-refractivity contribution in [1.29, 1.82) is 0 Å². The second-order valence-corrected chi connectivity index (χ2v) is 14.3. The molecule has 16 heteroatoms. The molecule has 14 nitrogen and oxygen atoms in total. The molecule has 0 atom stereocenters. The molecule has 0 bridgehead atoms. The van der Waals surface area contributed by atoms with Crippen LogP contribution in [0.5, 0.6) is 5.75 Å². The minimum absolute atomic E-state index is 0.0584. The summed E-state index contributed by atoms with van der Waals surface area (Å²) in [6.07, 6.45) is 1.29. The number of Topliss-reactive ketones (excluding diaryl/α,β-unsaturated/α-hetero) is 1. The highest BCUT2D eigenvalue weighted by molar-refractivity contribution is 7.86. The van der Waals surface area contributed by atoms with Crippen molar-refractivity contribution in [3.63, 3.8) is 0 Å². The Morgan fingerprint density at radius 2 is 1.26 bits per heavy atom. The van der Waals surface area contributed by atoms with Crippen LogP contribution in [0.15, 0.2) is 117 Å². The lowest BCUT2D eigenvalue weighted by Gasteiger charge is -2.16. The Bertz CT molecular complexity index is 2560. The number of ketones is 1. The molecule has 0 aliphatic heterocycles. The first-order valence-electron chi connectivity index (χ1n) is 15.3. The highest BCUT2D eigenvalue weighted by Crippen LogP contribution is 2.26. The van der Waals surface area contributed by atoms with Gasteiger partial charge in [0, 0.05) is 5.56 Å².